The van der Waals surface area contributed by atoms with Crippen molar-refractivity contribution < 1.29 is 9.69 Å². The van der Waals surface area contributed by atoms with Crippen LogP contribution in [0.25, 0.3) is 11.0 Å². The number of carbonyl (C=O) groups is 1. The molecule has 7 nitrogen and oxygen atoms in total. The monoisotopic (exact) mass is 351 g/mol. The van der Waals surface area contributed by atoms with Gasteiger partial charge >= 0.3 is 0 Å². The van der Waals surface area contributed by atoms with Gasteiger partial charge in [0, 0.05) is 6.54 Å². The lowest BCUT2D eigenvalue weighted by molar-refractivity contribution is -0.880. The zero-order valence-corrected chi connectivity index (χ0v) is 14.9. The van der Waals surface area contributed by atoms with Crippen LogP contribution in [0.5, 0.6) is 0 Å². The minimum absolute atomic E-state index is 0.311. The lowest BCUT2D eigenvalue weighted by Crippen LogP contribution is -3.12. The lowest BCUT2D eigenvalue weighted by atomic mass is 10.0. The van der Waals surface area contributed by atoms with Gasteiger partial charge in [-0.2, -0.15) is 5.26 Å². The second-order valence-electron chi connectivity index (χ2n) is 6.46. The number of carbonyl (C=O) groups excluding carboxylic acids is 1. The average Bonchev–Trinajstić information content (AvgIpc) is 2.67. The molecule has 0 bridgehead atoms. The lowest BCUT2D eigenvalue weighted by Gasteiger charge is -2.32. The molecule has 1 aliphatic heterocycles. The van der Waals surface area contributed by atoms with Gasteiger partial charge in [-0.1, -0.05) is 18.2 Å². The minimum atomic E-state index is -1.01. The Labute approximate surface area is 152 Å². The molecule has 26 heavy (non-hydrogen) atoms. The second-order valence-corrected chi connectivity index (χ2v) is 6.46. The molecule has 2 aromatic rings. The Bertz CT molecular complexity index is 851. The summed E-state index contributed by atoms with van der Waals surface area (Å²) in [7, 11) is 2.16. The Hall–Kier alpha value is -2.98. The van der Waals surface area contributed by atoms with E-state index in [9.17, 15) is 10.1 Å². The number of benzene rings is 1. The maximum absolute atomic E-state index is 12.5. The molecule has 134 valence electrons. The molecule has 2 N–H and O–H groups in total. The smallest absolute Gasteiger partial charge is 0.243 e. The van der Waals surface area contributed by atoms with Crippen molar-refractivity contribution in [2.75, 3.05) is 44.7 Å². The fraction of sp³-hybridized carbons (Fsp3) is 0.368. The van der Waals surface area contributed by atoms with Crippen molar-refractivity contribution >= 4 is 22.8 Å². The quantitative estimate of drug-likeness (QED) is 0.733. The van der Waals surface area contributed by atoms with Crippen molar-refractivity contribution in [3.05, 3.63) is 42.6 Å². The highest BCUT2D eigenvalue weighted by atomic mass is 16.1. The number of fused-ring (bicyclic) bond motifs is 1. The number of rotatable bonds is 5. The first kappa shape index (κ1) is 17.8. The third-order valence-electron chi connectivity index (χ3n) is 4.58. The highest BCUT2D eigenvalue weighted by Crippen LogP contribution is 2.27. The predicted molar refractivity (Wildman–Crippen MR) is 99.9 cm³/mol. The van der Waals surface area contributed by atoms with Crippen LogP contribution < -0.4 is 15.1 Å². The van der Waals surface area contributed by atoms with Crippen LogP contribution in [0, 0.1) is 11.3 Å². The van der Waals surface area contributed by atoms with E-state index in [1.807, 2.05) is 24.3 Å². The first-order valence-corrected chi connectivity index (χ1v) is 8.75. The van der Waals surface area contributed by atoms with E-state index in [4.69, 9.17) is 4.98 Å². The highest BCUT2D eigenvalue weighted by Gasteiger charge is 2.30. The third kappa shape index (κ3) is 3.65. The van der Waals surface area contributed by atoms with Crippen LogP contribution in [-0.4, -0.2) is 55.6 Å². The van der Waals surface area contributed by atoms with E-state index in [1.165, 1.54) is 4.90 Å². The van der Waals surface area contributed by atoms with Crippen molar-refractivity contribution in [2.24, 2.45) is 0 Å². The molecule has 1 amide bonds. The van der Waals surface area contributed by atoms with Crippen molar-refractivity contribution in [3.8, 4) is 6.07 Å². The molecule has 3 rings (SSSR count). The molecule has 0 radical (unpaired) electrons. The van der Waals surface area contributed by atoms with Gasteiger partial charge in [-0.15, -0.1) is 6.58 Å². The van der Waals surface area contributed by atoms with E-state index >= 15 is 0 Å². The number of para-hydroxylation sites is 2. The van der Waals surface area contributed by atoms with Gasteiger partial charge in [0.05, 0.1) is 50.3 Å². The number of piperazine rings is 1. The summed E-state index contributed by atoms with van der Waals surface area (Å²) in [6, 6.07) is 9.63. The van der Waals surface area contributed by atoms with E-state index in [1.54, 1.807) is 6.08 Å². The molecule has 2 heterocycles. The molecular weight excluding hydrogens is 328 g/mol. The van der Waals surface area contributed by atoms with Crippen molar-refractivity contribution in [2.45, 2.75) is 5.92 Å². The normalized spacial score (nSPS) is 16.1. The van der Waals surface area contributed by atoms with Crippen LogP contribution in [0.15, 0.2) is 36.9 Å². The van der Waals surface area contributed by atoms with E-state index in [0.29, 0.717) is 23.6 Å². The first-order chi connectivity index (χ1) is 12.6. The summed E-state index contributed by atoms with van der Waals surface area (Å²) in [6.07, 6.45) is 1.59. The minimum Gasteiger partial charge on any atom is -0.351 e. The molecule has 1 atom stereocenters. The van der Waals surface area contributed by atoms with Crippen LogP contribution >= 0.6 is 0 Å². The number of anilines is 1. The molecular formula is C19H23N6O+. The van der Waals surface area contributed by atoms with E-state index in [-0.39, 0.29) is 5.91 Å². The number of amides is 1. The number of quaternary nitrogens is 1. The Morgan fingerprint density at radius 3 is 2.65 bits per heavy atom. The number of nitrogens with one attached hydrogen (secondary N) is 2. The molecule has 1 aromatic heterocycles. The standard InChI is InChI=1S/C19H22N6O/c1-3-8-21-19(26)14(13-20)17-18(25-11-9-24(2)10-12-25)23-16-7-5-4-6-15(16)22-17/h3-7,14H,1,8-12H2,2H3,(H,21,26)/p+1/t14-/m1/s1. The van der Waals surface area contributed by atoms with Gasteiger partial charge in [-0.25, -0.2) is 9.97 Å². The zero-order valence-electron chi connectivity index (χ0n) is 14.9. The Balaban J connectivity index is 2.06. The summed E-state index contributed by atoms with van der Waals surface area (Å²) in [5, 5.41) is 12.4. The van der Waals surface area contributed by atoms with E-state index in [0.717, 1.165) is 31.7 Å². The highest BCUT2D eigenvalue weighted by molar-refractivity contribution is 5.89. The SMILES string of the molecule is C=CCNC(=O)[C@H](C#N)c1nc2ccccc2nc1N1CC[NH+](C)CC1. The molecule has 1 fully saturated rings. The number of likely N-dealkylation sites (N-methyl/N-ethyl adjacent to an activating group) is 1. The molecule has 0 unspecified atom stereocenters. The summed E-state index contributed by atoms with van der Waals surface area (Å²) in [4.78, 5) is 25.5. The summed E-state index contributed by atoms with van der Waals surface area (Å²) in [5.74, 6) is -0.747. The Kier molecular flexibility index (Phi) is 5.44. The molecule has 0 spiro atoms. The predicted octanol–water partition coefficient (Wildman–Crippen LogP) is -0.126. The van der Waals surface area contributed by atoms with Gasteiger partial charge < -0.3 is 15.1 Å². The van der Waals surface area contributed by atoms with Gasteiger partial charge in [0.1, 0.15) is 5.69 Å². The fourth-order valence-electron chi connectivity index (χ4n) is 3.05. The molecule has 1 saturated heterocycles. The molecule has 7 heteroatoms. The van der Waals surface area contributed by atoms with Crippen molar-refractivity contribution in [1.82, 2.24) is 15.3 Å². The summed E-state index contributed by atoms with van der Waals surface area (Å²) in [5.41, 5.74) is 1.87. The number of hydrogen-bond acceptors (Lipinski definition) is 5. The van der Waals surface area contributed by atoms with Gasteiger partial charge in [-0.3, -0.25) is 4.79 Å². The van der Waals surface area contributed by atoms with Crippen molar-refractivity contribution in [3.63, 3.8) is 0 Å². The molecule has 0 aliphatic carbocycles. The van der Waals surface area contributed by atoms with Crippen LogP contribution in [0.2, 0.25) is 0 Å². The van der Waals surface area contributed by atoms with Crippen LogP contribution in [0.4, 0.5) is 5.82 Å². The molecule has 1 aromatic carbocycles. The zero-order chi connectivity index (χ0) is 18.5. The van der Waals surface area contributed by atoms with Gasteiger partial charge in [0.2, 0.25) is 5.91 Å². The number of hydrogen-bond donors (Lipinski definition) is 2. The number of nitriles is 1. The largest absolute Gasteiger partial charge is 0.351 e. The van der Waals surface area contributed by atoms with Crippen molar-refractivity contribution in [1.29, 1.82) is 5.26 Å². The molecule has 0 saturated carbocycles. The van der Waals surface area contributed by atoms with Crippen LogP contribution in [-0.2, 0) is 4.79 Å². The number of nitrogens with zero attached hydrogens (tertiary/aromatic N) is 4. The van der Waals surface area contributed by atoms with Gasteiger partial charge in [0.15, 0.2) is 11.7 Å². The second kappa shape index (κ2) is 7.93. The summed E-state index contributed by atoms with van der Waals surface area (Å²) in [6.45, 7) is 7.50. The topological polar surface area (TPSA) is 86.3 Å². The maximum atomic E-state index is 12.5. The Morgan fingerprint density at radius 1 is 1.38 bits per heavy atom. The van der Waals surface area contributed by atoms with E-state index < -0.39 is 5.92 Å². The Morgan fingerprint density at radius 2 is 2.04 bits per heavy atom. The first-order valence-electron chi connectivity index (χ1n) is 8.75. The third-order valence-corrected chi connectivity index (χ3v) is 4.58. The average molecular weight is 351 g/mol. The van der Waals surface area contributed by atoms with Crippen LogP contribution in [0.1, 0.15) is 11.6 Å². The van der Waals surface area contributed by atoms with Crippen LogP contribution in [0.3, 0.4) is 0 Å². The maximum Gasteiger partial charge on any atom is 0.243 e. The summed E-state index contributed by atoms with van der Waals surface area (Å²) < 4.78 is 0. The summed E-state index contributed by atoms with van der Waals surface area (Å²) >= 11 is 0. The van der Waals surface area contributed by atoms with Gasteiger partial charge in [-0.05, 0) is 12.1 Å². The fourth-order valence-corrected chi connectivity index (χ4v) is 3.05. The molecule has 1 aliphatic rings. The van der Waals surface area contributed by atoms with E-state index in [2.05, 4.69) is 34.9 Å². The number of aromatic nitrogens is 2. The van der Waals surface area contributed by atoms with Gasteiger partial charge in [0.25, 0.3) is 0 Å².